The third-order valence-corrected chi connectivity index (χ3v) is 4.07. The maximum Gasteiger partial charge on any atom is 0.202 e. The molecule has 0 amide bonds. The summed E-state index contributed by atoms with van der Waals surface area (Å²) < 4.78 is 1.91. The SMILES string of the molecule is Cc1ccsc1Cn1c(N)nc2cc(Cl)cnc21. The highest BCUT2D eigenvalue weighted by Gasteiger charge is 2.11. The molecule has 3 rings (SSSR count). The number of nitrogens with zero attached hydrogens (tertiary/aromatic N) is 3. The molecule has 6 heteroatoms. The van der Waals surface area contributed by atoms with Crippen LogP contribution in [0.2, 0.25) is 5.02 Å². The lowest BCUT2D eigenvalue weighted by atomic mass is 10.3. The fourth-order valence-electron chi connectivity index (χ4n) is 1.87. The number of nitrogens with two attached hydrogens (primary N) is 1. The number of hydrogen-bond donors (Lipinski definition) is 1. The Morgan fingerprint density at radius 2 is 2.33 bits per heavy atom. The van der Waals surface area contributed by atoms with Gasteiger partial charge in [-0.2, -0.15) is 0 Å². The van der Waals surface area contributed by atoms with Gasteiger partial charge in [0.05, 0.1) is 11.6 Å². The Kier molecular flexibility index (Phi) is 2.72. The van der Waals surface area contributed by atoms with Gasteiger partial charge in [-0.05, 0) is 30.0 Å². The van der Waals surface area contributed by atoms with Gasteiger partial charge in [0.15, 0.2) is 5.65 Å². The Hall–Kier alpha value is -1.59. The molecule has 0 aromatic carbocycles. The Balaban J connectivity index is 2.11. The van der Waals surface area contributed by atoms with Gasteiger partial charge in [-0.25, -0.2) is 9.97 Å². The molecule has 18 heavy (non-hydrogen) atoms. The highest BCUT2D eigenvalue weighted by molar-refractivity contribution is 7.10. The van der Waals surface area contributed by atoms with Crippen LogP contribution >= 0.6 is 22.9 Å². The predicted octanol–water partition coefficient (Wildman–Crippen LogP) is 3.09. The van der Waals surface area contributed by atoms with Crippen LogP contribution in [0.1, 0.15) is 10.4 Å². The largest absolute Gasteiger partial charge is 0.369 e. The number of aromatic nitrogens is 3. The van der Waals surface area contributed by atoms with E-state index in [2.05, 4.69) is 28.3 Å². The molecule has 0 saturated carbocycles. The molecule has 3 aromatic rings. The zero-order valence-corrected chi connectivity index (χ0v) is 11.3. The lowest BCUT2D eigenvalue weighted by Gasteiger charge is -2.04. The second kappa shape index (κ2) is 4.26. The van der Waals surface area contributed by atoms with Gasteiger partial charge in [0, 0.05) is 11.1 Å². The summed E-state index contributed by atoms with van der Waals surface area (Å²) in [6, 6.07) is 3.87. The fourth-order valence-corrected chi connectivity index (χ4v) is 2.92. The number of halogens is 1. The molecule has 0 radical (unpaired) electrons. The third kappa shape index (κ3) is 1.85. The standard InChI is InChI=1S/C12H11ClN4S/c1-7-2-3-18-10(7)6-17-11-9(16-12(17)14)4-8(13)5-15-11/h2-5H,6H2,1H3,(H2,14,16). The maximum atomic E-state index is 5.94. The predicted molar refractivity (Wildman–Crippen MR) is 75.1 cm³/mol. The van der Waals surface area contributed by atoms with Gasteiger partial charge in [0.25, 0.3) is 0 Å². The van der Waals surface area contributed by atoms with Crippen LogP contribution in [0, 0.1) is 6.92 Å². The molecule has 0 aliphatic rings. The number of pyridine rings is 1. The maximum absolute atomic E-state index is 5.94. The van der Waals surface area contributed by atoms with Crippen LogP contribution in [0.3, 0.4) is 0 Å². The molecule has 0 aliphatic carbocycles. The van der Waals surface area contributed by atoms with Crippen LogP contribution in [-0.4, -0.2) is 14.5 Å². The third-order valence-electron chi connectivity index (χ3n) is 2.85. The van der Waals surface area contributed by atoms with Crippen molar-refractivity contribution in [3.63, 3.8) is 0 Å². The van der Waals surface area contributed by atoms with Crippen molar-refractivity contribution in [3.8, 4) is 0 Å². The molecule has 0 unspecified atom stereocenters. The molecule has 0 saturated heterocycles. The molecule has 0 fully saturated rings. The van der Waals surface area contributed by atoms with Crippen molar-refractivity contribution >= 4 is 40.0 Å². The summed E-state index contributed by atoms with van der Waals surface area (Å²) in [5.41, 5.74) is 8.70. The fraction of sp³-hybridized carbons (Fsp3) is 0.167. The first-order valence-electron chi connectivity index (χ1n) is 5.45. The zero-order chi connectivity index (χ0) is 12.7. The van der Waals surface area contributed by atoms with E-state index in [0.29, 0.717) is 17.5 Å². The van der Waals surface area contributed by atoms with E-state index in [1.165, 1.54) is 10.4 Å². The van der Waals surface area contributed by atoms with E-state index < -0.39 is 0 Å². The van der Waals surface area contributed by atoms with E-state index in [1.807, 2.05) is 4.57 Å². The number of fused-ring (bicyclic) bond motifs is 1. The van der Waals surface area contributed by atoms with Crippen LogP contribution in [0.5, 0.6) is 0 Å². The number of nitrogen functional groups attached to an aromatic ring is 1. The number of aryl methyl sites for hydroxylation is 1. The molecule has 0 bridgehead atoms. The molecule has 3 heterocycles. The summed E-state index contributed by atoms with van der Waals surface area (Å²) in [5.74, 6) is 0.465. The molecule has 3 aromatic heterocycles. The van der Waals surface area contributed by atoms with E-state index in [1.54, 1.807) is 23.6 Å². The molecule has 4 nitrogen and oxygen atoms in total. The van der Waals surface area contributed by atoms with E-state index in [4.69, 9.17) is 17.3 Å². The van der Waals surface area contributed by atoms with Crippen molar-refractivity contribution in [2.45, 2.75) is 13.5 Å². The number of imidazole rings is 1. The minimum Gasteiger partial charge on any atom is -0.369 e. The average molecular weight is 279 g/mol. The Labute approximate surface area is 113 Å². The monoisotopic (exact) mass is 278 g/mol. The summed E-state index contributed by atoms with van der Waals surface area (Å²) in [7, 11) is 0. The van der Waals surface area contributed by atoms with Crippen LogP contribution in [0.4, 0.5) is 5.95 Å². The Morgan fingerprint density at radius 1 is 1.50 bits per heavy atom. The van der Waals surface area contributed by atoms with E-state index >= 15 is 0 Å². The van der Waals surface area contributed by atoms with Crippen molar-refractivity contribution in [1.82, 2.24) is 14.5 Å². The molecule has 0 aliphatic heterocycles. The topological polar surface area (TPSA) is 56.7 Å². The minimum atomic E-state index is 0.465. The van der Waals surface area contributed by atoms with Crippen LogP contribution in [0.15, 0.2) is 23.7 Å². The lowest BCUT2D eigenvalue weighted by molar-refractivity contribution is 0.836. The molecule has 92 valence electrons. The summed E-state index contributed by atoms with van der Waals surface area (Å²) >= 11 is 7.61. The van der Waals surface area contributed by atoms with Crippen LogP contribution < -0.4 is 5.73 Å². The van der Waals surface area contributed by atoms with Gasteiger partial charge < -0.3 is 5.73 Å². The van der Waals surface area contributed by atoms with Crippen molar-refractivity contribution in [2.24, 2.45) is 0 Å². The number of thiophene rings is 1. The average Bonchev–Trinajstić information content (AvgIpc) is 2.85. The minimum absolute atomic E-state index is 0.465. The van der Waals surface area contributed by atoms with Gasteiger partial charge in [0.1, 0.15) is 5.52 Å². The molecule has 0 atom stereocenters. The second-order valence-electron chi connectivity index (χ2n) is 4.08. The molecular formula is C12H11ClN4S. The van der Waals surface area contributed by atoms with Crippen molar-refractivity contribution in [1.29, 1.82) is 0 Å². The first kappa shape index (κ1) is 11.5. The molecular weight excluding hydrogens is 268 g/mol. The number of rotatable bonds is 2. The van der Waals surface area contributed by atoms with Crippen molar-refractivity contribution in [2.75, 3.05) is 5.73 Å². The summed E-state index contributed by atoms with van der Waals surface area (Å²) in [6.45, 7) is 2.78. The highest BCUT2D eigenvalue weighted by atomic mass is 35.5. The van der Waals surface area contributed by atoms with Gasteiger partial charge in [0.2, 0.25) is 5.95 Å². The zero-order valence-electron chi connectivity index (χ0n) is 9.72. The number of hydrogen-bond acceptors (Lipinski definition) is 4. The normalized spacial score (nSPS) is 11.2. The Bertz CT molecular complexity index is 716. The highest BCUT2D eigenvalue weighted by Crippen LogP contribution is 2.23. The quantitative estimate of drug-likeness (QED) is 0.784. The molecule has 2 N–H and O–H groups in total. The van der Waals surface area contributed by atoms with Gasteiger partial charge >= 0.3 is 0 Å². The summed E-state index contributed by atoms with van der Waals surface area (Å²) in [6.07, 6.45) is 1.61. The second-order valence-corrected chi connectivity index (χ2v) is 5.52. The summed E-state index contributed by atoms with van der Waals surface area (Å²) in [5, 5.41) is 2.64. The van der Waals surface area contributed by atoms with E-state index in [9.17, 15) is 0 Å². The Morgan fingerprint density at radius 3 is 3.06 bits per heavy atom. The van der Waals surface area contributed by atoms with Gasteiger partial charge in [-0.1, -0.05) is 11.6 Å². The molecule has 0 spiro atoms. The van der Waals surface area contributed by atoms with Gasteiger partial charge in [-0.15, -0.1) is 11.3 Å². The number of anilines is 1. The first-order valence-corrected chi connectivity index (χ1v) is 6.71. The van der Waals surface area contributed by atoms with Crippen LogP contribution in [-0.2, 0) is 6.54 Å². The van der Waals surface area contributed by atoms with E-state index in [-0.39, 0.29) is 0 Å². The van der Waals surface area contributed by atoms with Crippen molar-refractivity contribution in [3.05, 3.63) is 39.2 Å². The van der Waals surface area contributed by atoms with Crippen LogP contribution in [0.25, 0.3) is 11.2 Å². The van der Waals surface area contributed by atoms with Gasteiger partial charge in [-0.3, -0.25) is 4.57 Å². The van der Waals surface area contributed by atoms with E-state index in [0.717, 1.165) is 11.2 Å². The summed E-state index contributed by atoms with van der Waals surface area (Å²) in [4.78, 5) is 9.85. The smallest absolute Gasteiger partial charge is 0.202 e. The first-order chi connectivity index (χ1) is 8.65. The lowest BCUT2D eigenvalue weighted by Crippen LogP contribution is -2.04. The van der Waals surface area contributed by atoms with Crippen molar-refractivity contribution < 1.29 is 0 Å².